The van der Waals surface area contributed by atoms with Gasteiger partial charge in [-0.1, -0.05) is 30.3 Å². The Morgan fingerprint density at radius 2 is 2.25 bits per heavy atom. The van der Waals surface area contributed by atoms with Crippen molar-refractivity contribution in [2.24, 2.45) is 5.16 Å². The molecular formula is C12H14N2O2. The summed E-state index contributed by atoms with van der Waals surface area (Å²) in [6.07, 6.45) is 0.944. The van der Waals surface area contributed by atoms with Gasteiger partial charge in [0, 0.05) is 12.1 Å². The van der Waals surface area contributed by atoms with Crippen molar-refractivity contribution in [3.05, 3.63) is 30.3 Å². The topological polar surface area (TPSA) is 50.7 Å². The Morgan fingerprint density at radius 1 is 1.50 bits per heavy atom. The number of oxime groups is 1. The smallest absolute Gasteiger partial charge is 0.268 e. The van der Waals surface area contributed by atoms with Crippen LogP contribution < -0.4 is 5.32 Å². The van der Waals surface area contributed by atoms with Crippen LogP contribution >= 0.6 is 0 Å². The third-order valence-electron chi connectivity index (χ3n) is 2.47. The summed E-state index contributed by atoms with van der Waals surface area (Å²) < 4.78 is 0. The molecule has 84 valence electrons. The van der Waals surface area contributed by atoms with Gasteiger partial charge in [0.05, 0.1) is 5.71 Å². The molecule has 1 atom stereocenters. The lowest BCUT2D eigenvalue weighted by molar-refractivity contribution is -0.125. The van der Waals surface area contributed by atoms with E-state index in [2.05, 4.69) is 10.5 Å². The first-order valence-corrected chi connectivity index (χ1v) is 5.37. The molecule has 0 radical (unpaired) electrons. The van der Waals surface area contributed by atoms with E-state index in [1.165, 1.54) is 0 Å². The molecule has 1 N–H and O–H groups in total. The summed E-state index contributed by atoms with van der Waals surface area (Å²) in [6.45, 7) is 2.00. The Labute approximate surface area is 94.3 Å². The number of carbonyl (C=O) groups excluding carboxylic acids is 1. The average Bonchev–Trinajstić information content (AvgIpc) is 2.79. The highest BCUT2D eigenvalue weighted by Crippen LogP contribution is 2.15. The number of anilines is 1. The largest absolute Gasteiger partial charge is 0.382 e. The molecule has 2 rings (SSSR count). The van der Waals surface area contributed by atoms with Crippen molar-refractivity contribution < 1.29 is 9.63 Å². The number of carbonyl (C=O) groups is 1. The number of hydrogen-bond donors (Lipinski definition) is 1. The van der Waals surface area contributed by atoms with Gasteiger partial charge in [-0.25, -0.2) is 0 Å². The Bertz CT molecular complexity index is 401. The lowest BCUT2D eigenvalue weighted by Crippen LogP contribution is -2.27. The summed E-state index contributed by atoms with van der Waals surface area (Å²) in [5, 5.41) is 6.65. The predicted octanol–water partition coefficient (Wildman–Crippen LogP) is 2.18. The first-order valence-electron chi connectivity index (χ1n) is 5.37. The molecule has 1 aliphatic rings. The summed E-state index contributed by atoms with van der Waals surface area (Å²) in [5.41, 5.74) is 1.72. The quantitative estimate of drug-likeness (QED) is 0.845. The molecule has 1 aromatic rings. The normalized spacial score (nSPS) is 18.8. The van der Waals surface area contributed by atoms with E-state index >= 15 is 0 Å². The molecule has 1 amide bonds. The summed E-state index contributed by atoms with van der Waals surface area (Å²) in [6, 6.07) is 9.33. The van der Waals surface area contributed by atoms with Crippen LogP contribution in [0, 0.1) is 0 Å². The average molecular weight is 218 g/mol. The maximum atomic E-state index is 11.8. The van der Waals surface area contributed by atoms with Crippen molar-refractivity contribution >= 4 is 17.3 Å². The van der Waals surface area contributed by atoms with Gasteiger partial charge >= 0.3 is 0 Å². The monoisotopic (exact) mass is 218 g/mol. The second kappa shape index (κ2) is 4.79. The first-order chi connectivity index (χ1) is 7.79. The highest BCUT2D eigenvalue weighted by molar-refractivity contribution is 5.99. The Morgan fingerprint density at radius 3 is 2.88 bits per heavy atom. The van der Waals surface area contributed by atoms with Gasteiger partial charge in [0.25, 0.3) is 5.91 Å². The highest BCUT2D eigenvalue weighted by atomic mass is 16.6. The van der Waals surface area contributed by atoms with Crippen LogP contribution in [0.1, 0.15) is 19.8 Å². The number of nitrogens with zero attached hydrogens (tertiary/aromatic N) is 1. The zero-order valence-electron chi connectivity index (χ0n) is 9.14. The third-order valence-corrected chi connectivity index (χ3v) is 2.47. The number of rotatable bonds is 3. The summed E-state index contributed by atoms with van der Waals surface area (Å²) >= 11 is 0. The lowest BCUT2D eigenvalue weighted by Gasteiger charge is -2.08. The maximum Gasteiger partial charge on any atom is 0.268 e. The molecule has 4 heteroatoms. The van der Waals surface area contributed by atoms with Crippen LogP contribution in [0.5, 0.6) is 0 Å². The molecule has 0 aromatic heterocycles. The van der Waals surface area contributed by atoms with Crippen molar-refractivity contribution in [1.29, 1.82) is 0 Å². The Balaban J connectivity index is 1.91. The van der Waals surface area contributed by atoms with Crippen LogP contribution in [0.4, 0.5) is 5.69 Å². The van der Waals surface area contributed by atoms with E-state index in [0.29, 0.717) is 6.42 Å². The van der Waals surface area contributed by atoms with Crippen LogP contribution in [0.25, 0.3) is 0 Å². The van der Waals surface area contributed by atoms with E-state index in [-0.39, 0.29) is 5.91 Å². The molecular weight excluding hydrogens is 204 g/mol. The van der Waals surface area contributed by atoms with E-state index < -0.39 is 6.10 Å². The molecule has 1 unspecified atom stereocenters. The maximum absolute atomic E-state index is 11.8. The van der Waals surface area contributed by atoms with Crippen LogP contribution in [-0.2, 0) is 9.63 Å². The molecule has 1 heterocycles. The minimum absolute atomic E-state index is 0.140. The van der Waals surface area contributed by atoms with Crippen molar-refractivity contribution in [1.82, 2.24) is 0 Å². The SMILES string of the molecule is CCC1=NOC(C(=O)Nc2ccccc2)C1. The first kappa shape index (κ1) is 10.7. The fourth-order valence-electron chi connectivity index (χ4n) is 1.52. The fraction of sp³-hybridized carbons (Fsp3) is 0.333. The fourth-order valence-corrected chi connectivity index (χ4v) is 1.52. The van der Waals surface area contributed by atoms with Crippen molar-refractivity contribution in [2.45, 2.75) is 25.9 Å². The minimum Gasteiger partial charge on any atom is -0.382 e. The van der Waals surface area contributed by atoms with Gasteiger partial charge in [-0.3, -0.25) is 4.79 Å². The summed E-state index contributed by atoms with van der Waals surface area (Å²) in [7, 11) is 0. The van der Waals surface area contributed by atoms with Gasteiger partial charge in [0.2, 0.25) is 6.10 Å². The van der Waals surface area contributed by atoms with Gasteiger partial charge < -0.3 is 10.2 Å². The van der Waals surface area contributed by atoms with Gasteiger partial charge in [-0.05, 0) is 18.6 Å². The van der Waals surface area contributed by atoms with Gasteiger partial charge in [-0.2, -0.15) is 0 Å². The molecule has 1 aromatic carbocycles. The van der Waals surface area contributed by atoms with E-state index in [0.717, 1.165) is 17.8 Å². The predicted molar refractivity (Wildman–Crippen MR) is 62.3 cm³/mol. The molecule has 1 aliphatic heterocycles. The zero-order chi connectivity index (χ0) is 11.4. The van der Waals surface area contributed by atoms with E-state index in [4.69, 9.17) is 4.84 Å². The van der Waals surface area contributed by atoms with Gasteiger partial charge in [-0.15, -0.1) is 0 Å². The van der Waals surface area contributed by atoms with Crippen molar-refractivity contribution in [3.63, 3.8) is 0 Å². The lowest BCUT2D eigenvalue weighted by atomic mass is 10.1. The molecule has 0 saturated carbocycles. The van der Waals surface area contributed by atoms with Crippen LogP contribution in [-0.4, -0.2) is 17.7 Å². The number of amides is 1. The summed E-state index contributed by atoms with van der Waals surface area (Å²) in [4.78, 5) is 16.8. The van der Waals surface area contributed by atoms with E-state index in [1.807, 2.05) is 37.3 Å². The number of hydrogen-bond acceptors (Lipinski definition) is 3. The second-order valence-corrected chi connectivity index (χ2v) is 3.66. The minimum atomic E-state index is -0.477. The standard InChI is InChI=1S/C12H14N2O2/c1-2-9-8-11(16-14-9)12(15)13-10-6-4-3-5-7-10/h3-7,11H,2,8H2,1H3,(H,13,15). The van der Waals surface area contributed by atoms with Crippen LogP contribution in [0.3, 0.4) is 0 Å². The molecule has 4 nitrogen and oxygen atoms in total. The van der Waals surface area contributed by atoms with Gasteiger partial charge in [0.1, 0.15) is 0 Å². The number of benzene rings is 1. The second-order valence-electron chi connectivity index (χ2n) is 3.66. The molecule has 16 heavy (non-hydrogen) atoms. The molecule has 0 aliphatic carbocycles. The Kier molecular flexibility index (Phi) is 3.19. The van der Waals surface area contributed by atoms with Gasteiger partial charge in [0.15, 0.2) is 0 Å². The van der Waals surface area contributed by atoms with Crippen molar-refractivity contribution in [2.75, 3.05) is 5.32 Å². The summed E-state index contributed by atoms with van der Waals surface area (Å²) in [5.74, 6) is -0.140. The molecule has 0 bridgehead atoms. The number of para-hydroxylation sites is 1. The third kappa shape index (κ3) is 2.39. The molecule has 0 spiro atoms. The van der Waals surface area contributed by atoms with Crippen molar-refractivity contribution in [3.8, 4) is 0 Å². The zero-order valence-corrected chi connectivity index (χ0v) is 9.14. The molecule has 0 saturated heterocycles. The molecule has 0 fully saturated rings. The number of nitrogens with one attached hydrogen (secondary N) is 1. The van der Waals surface area contributed by atoms with Crippen LogP contribution in [0.2, 0.25) is 0 Å². The van der Waals surface area contributed by atoms with E-state index in [1.54, 1.807) is 0 Å². The Hall–Kier alpha value is -1.84. The van der Waals surface area contributed by atoms with Crippen LogP contribution in [0.15, 0.2) is 35.5 Å². The highest BCUT2D eigenvalue weighted by Gasteiger charge is 2.27. The van der Waals surface area contributed by atoms with E-state index in [9.17, 15) is 4.79 Å².